The molecule has 4 aliphatic rings. The third kappa shape index (κ3) is 3.39. The summed E-state index contributed by atoms with van der Waals surface area (Å²) in [6.07, 6.45) is 2.43. The van der Waals surface area contributed by atoms with Crippen LogP contribution in [0.2, 0.25) is 0 Å². The maximum Gasteiger partial charge on any atom is 0.354 e. The van der Waals surface area contributed by atoms with Crippen LogP contribution in [0.4, 0.5) is 18.9 Å². The number of alkyl halides is 2. The van der Waals surface area contributed by atoms with Crippen LogP contribution in [-0.4, -0.2) is 78.1 Å². The maximum absolute atomic E-state index is 14.6. The molecule has 3 fully saturated rings. The second-order valence-electron chi connectivity index (χ2n) is 11.1. The zero-order valence-electron chi connectivity index (χ0n) is 20.8. The second-order valence-corrected chi connectivity index (χ2v) is 13.1. The largest absolute Gasteiger partial charge is 0.477 e. The van der Waals surface area contributed by atoms with Gasteiger partial charge in [-0.1, -0.05) is 5.16 Å². The predicted octanol–water partition coefficient (Wildman–Crippen LogP) is 4.13. The highest BCUT2D eigenvalue weighted by Crippen LogP contribution is 2.72. The second kappa shape index (κ2) is 8.11. The number of fused-ring (bicyclic) bond motifs is 1. The first-order chi connectivity index (χ1) is 19.2. The summed E-state index contributed by atoms with van der Waals surface area (Å²) < 4.78 is 50.9. The number of carboxylic acid groups (broad SMARTS) is 1. The van der Waals surface area contributed by atoms with Crippen molar-refractivity contribution in [2.75, 3.05) is 31.1 Å². The molecule has 8 rings (SSSR count). The Balaban J connectivity index is 1.12. The number of benzene rings is 1. The van der Waals surface area contributed by atoms with E-state index >= 15 is 0 Å². The van der Waals surface area contributed by atoms with Gasteiger partial charge in [0.2, 0.25) is 5.89 Å². The number of likely N-dealkylation sites (tertiary alicyclic amines) is 1. The van der Waals surface area contributed by atoms with Gasteiger partial charge < -0.3 is 14.5 Å². The number of aromatic carboxylic acids is 1. The van der Waals surface area contributed by atoms with Crippen LogP contribution in [-0.2, 0) is 6.54 Å². The zero-order valence-corrected chi connectivity index (χ0v) is 22.5. The number of hydrogen-bond donors (Lipinski definition) is 1. The fourth-order valence-corrected chi connectivity index (χ4v) is 8.85. The van der Waals surface area contributed by atoms with Crippen LogP contribution < -0.4 is 4.90 Å². The zero-order chi connectivity index (χ0) is 27.4. The van der Waals surface area contributed by atoms with Crippen molar-refractivity contribution in [1.82, 2.24) is 29.8 Å². The molecule has 1 aliphatic carbocycles. The Morgan fingerprint density at radius 2 is 2.02 bits per heavy atom. The summed E-state index contributed by atoms with van der Waals surface area (Å²) in [5, 5.41) is 17.7. The van der Waals surface area contributed by atoms with Crippen LogP contribution in [0, 0.1) is 16.6 Å². The molecule has 0 radical (unpaired) electrons. The molecule has 1 N–H and O–H groups in total. The molecule has 10 nitrogen and oxygen atoms in total. The van der Waals surface area contributed by atoms with Gasteiger partial charge in [0.15, 0.2) is 5.82 Å². The lowest BCUT2D eigenvalue weighted by atomic mass is 9.70. The molecule has 0 amide bonds. The molecule has 1 saturated carbocycles. The van der Waals surface area contributed by atoms with Crippen LogP contribution in [0.15, 0.2) is 34.4 Å². The van der Waals surface area contributed by atoms with Crippen LogP contribution in [0.5, 0.6) is 0 Å². The van der Waals surface area contributed by atoms with Crippen LogP contribution >= 0.6 is 19.5 Å². The van der Waals surface area contributed by atoms with E-state index in [2.05, 4.69) is 30.0 Å². The van der Waals surface area contributed by atoms with Crippen molar-refractivity contribution in [1.29, 1.82) is 0 Å². The van der Waals surface area contributed by atoms with E-state index in [9.17, 15) is 23.1 Å². The summed E-state index contributed by atoms with van der Waals surface area (Å²) >= 11 is 1.44. The highest BCUT2D eigenvalue weighted by atomic mass is 32.1. The topological polar surface area (TPSA) is 113 Å². The molecule has 4 aromatic rings. The number of nitrogens with zero attached hydrogens (tertiary/aromatic N) is 7. The predicted molar refractivity (Wildman–Crippen MR) is 140 cm³/mol. The molecular weight excluding hydrogens is 566 g/mol. The quantitative estimate of drug-likeness (QED) is 0.333. The van der Waals surface area contributed by atoms with E-state index in [1.165, 1.54) is 40.4 Å². The van der Waals surface area contributed by atoms with Crippen LogP contribution in [0.25, 0.3) is 10.2 Å². The summed E-state index contributed by atoms with van der Waals surface area (Å²) in [6, 6.07) is 4.31. The van der Waals surface area contributed by atoms with Gasteiger partial charge in [0.25, 0.3) is 5.66 Å². The van der Waals surface area contributed by atoms with E-state index < -0.39 is 17.0 Å². The minimum atomic E-state index is -2.66. The van der Waals surface area contributed by atoms with E-state index in [-0.39, 0.29) is 43.5 Å². The number of thiazole rings is 1. The van der Waals surface area contributed by atoms with E-state index in [1.54, 1.807) is 5.51 Å². The number of halogens is 3. The number of carboxylic acids is 1. The maximum atomic E-state index is 14.6. The van der Waals surface area contributed by atoms with Gasteiger partial charge in [0, 0.05) is 55.2 Å². The Morgan fingerprint density at radius 1 is 1.23 bits per heavy atom. The van der Waals surface area contributed by atoms with Gasteiger partial charge in [-0.05, 0) is 33.2 Å². The van der Waals surface area contributed by atoms with Crippen molar-refractivity contribution in [2.24, 2.45) is 10.8 Å². The summed E-state index contributed by atoms with van der Waals surface area (Å²) in [5.41, 5.74) is -0.137. The Kier molecular flexibility index (Phi) is 4.96. The van der Waals surface area contributed by atoms with E-state index in [4.69, 9.17) is 4.52 Å². The highest BCUT2D eigenvalue weighted by molar-refractivity contribution is 7.45. The molecule has 2 saturated heterocycles. The lowest BCUT2D eigenvalue weighted by molar-refractivity contribution is 0.0118. The fourth-order valence-electron chi connectivity index (χ4n) is 6.54. The van der Waals surface area contributed by atoms with E-state index in [0.29, 0.717) is 50.4 Å². The number of aromatic nitrogens is 5. The summed E-state index contributed by atoms with van der Waals surface area (Å²) in [6.45, 7) is 2.20. The van der Waals surface area contributed by atoms with Crippen molar-refractivity contribution < 1.29 is 27.6 Å². The molecule has 40 heavy (non-hydrogen) atoms. The fraction of sp³-hybridized carbons (Fsp3) is 0.440. The van der Waals surface area contributed by atoms with Gasteiger partial charge in [-0.2, -0.15) is 18.9 Å². The first-order valence-electron chi connectivity index (χ1n) is 12.8. The highest BCUT2D eigenvalue weighted by Gasteiger charge is 2.73. The van der Waals surface area contributed by atoms with Gasteiger partial charge >= 0.3 is 5.97 Å². The van der Waals surface area contributed by atoms with E-state index in [0.717, 1.165) is 15.8 Å². The molecule has 1 unspecified atom stereocenters. The normalized spacial score (nSPS) is 24.3. The number of carbonyl (C=O) groups is 1. The standard InChI is InChI=1S/C25H21F3N7O3PS/c26-13-5-15-19(40-12-29-15)17(6-13)33-7-14(20-31-18(38-32-20)8-35-16(21(36)37)1-4-30-35)23(9-33)10-34(11-23)22-24(2-3-24)25(27,28)39-22/h1,4-6,12,14H,2-3,7-11H2,(H,36,37). The van der Waals surface area contributed by atoms with Crippen molar-refractivity contribution in [2.45, 2.75) is 31.0 Å². The van der Waals surface area contributed by atoms with Gasteiger partial charge in [-0.15, -0.1) is 11.3 Å². The summed E-state index contributed by atoms with van der Waals surface area (Å²) in [7, 11) is 0.0961. The van der Waals surface area contributed by atoms with Crippen molar-refractivity contribution in [3.05, 3.63) is 53.1 Å². The first kappa shape index (κ1) is 24.4. The number of hydrogen-bond acceptors (Lipinski definition) is 9. The van der Waals surface area contributed by atoms with Gasteiger partial charge in [0.05, 0.1) is 26.8 Å². The van der Waals surface area contributed by atoms with Gasteiger partial charge in [-0.25, -0.2) is 18.9 Å². The average Bonchev–Trinajstić information content (AvgIpc) is 3.27. The molecular formula is C25H21F3N7O3PS. The molecule has 2 spiro atoms. The van der Waals surface area contributed by atoms with E-state index in [1.807, 2.05) is 0 Å². The first-order valence-corrected chi connectivity index (χ1v) is 14.5. The molecule has 206 valence electrons. The monoisotopic (exact) mass is 587 g/mol. The molecule has 0 bridgehead atoms. The van der Waals surface area contributed by atoms with Crippen molar-refractivity contribution >= 4 is 46.8 Å². The Labute approximate surface area is 230 Å². The molecule has 6 heterocycles. The lowest BCUT2D eigenvalue weighted by Gasteiger charge is -2.55. The third-order valence-corrected chi connectivity index (χ3v) is 11.2. The van der Waals surface area contributed by atoms with Crippen LogP contribution in [0.3, 0.4) is 0 Å². The van der Waals surface area contributed by atoms with Crippen LogP contribution in [0.1, 0.15) is 41.0 Å². The van der Waals surface area contributed by atoms with Gasteiger partial charge in [-0.3, -0.25) is 4.90 Å². The van der Waals surface area contributed by atoms with Crippen molar-refractivity contribution in [3.8, 4) is 0 Å². The lowest BCUT2D eigenvalue weighted by Crippen LogP contribution is -2.65. The molecule has 1 aromatic carbocycles. The average molecular weight is 588 g/mol. The Hall–Kier alpha value is -3.35. The minimum absolute atomic E-state index is 0.0000666. The van der Waals surface area contributed by atoms with Gasteiger partial charge in [0.1, 0.15) is 18.1 Å². The minimum Gasteiger partial charge on any atom is -0.477 e. The molecule has 3 aromatic heterocycles. The molecule has 15 heteroatoms. The number of rotatable bonds is 6. The Morgan fingerprint density at radius 3 is 2.77 bits per heavy atom. The van der Waals surface area contributed by atoms with Crippen molar-refractivity contribution in [3.63, 3.8) is 0 Å². The molecule has 3 aliphatic heterocycles. The molecule has 1 atom stereocenters. The summed E-state index contributed by atoms with van der Waals surface area (Å²) in [4.78, 5) is 24.6. The number of anilines is 1. The summed E-state index contributed by atoms with van der Waals surface area (Å²) in [5.74, 6) is -1.03. The smallest absolute Gasteiger partial charge is 0.354 e. The Bertz CT molecular complexity index is 1720. The third-order valence-electron chi connectivity index (χ3n) is 8.69. The SMILES string of the molecule is O=C(O)c1ccnn1Cc1nc(C2CN(c3cc(F)cc4ncsc34)CC23CN(C2=PC(F)(F)C24CC4)C3)no1.